The lowest BCUT2D eigenvalue weighted by Gasteiger charge is -2.33. The van der Waals surface area contributed by atoms with Crippen LogP contribution in [-0.4, -0.2) is 10.2 Å². The highest BCUT2D eigenvalue weighted by Gasteiger charge is 2.31. The second-order valence-electron chi connectivity index (χ2n) is 6.17. The van der Waals surface area contributed by atoms with Crippen LogP contribution in [0.25, 0.3) is 5.69 Å². The lowest BCUT2D eigenvalue weighted by Crippen LogP contribution is -2.33. The molecule has 0 radical (unpaired) electrons. The molecule has 1 aliphatic heterocycles. The van der Waals surface area contributed by atoms with Gasteiger partial charge in [0.15, 0.2) is 0 Å². The van der Waals surface area contributed by atoms with Crippen molar-refractivity contribution >= 4 is 29.6 Å². The molecular formula is C17H16ClN3OS. The number of ether oxygens (including phenoxy) is 1. The molecule has 0 amide bonds. The number of rotatable bonds is 1. The van der Waals surface area contributed by atoms with E-state index in [4.69, 9.17) is 34.3 Å². The molecule has 0 saturated heterocycles. The van der Waals surface area contributed by atoms with Gasteiger partial charge in [-0.1, -0.05) is 23.8 Å². The minimum atomic E-state index is -0.334. The van der Waals surface area contributed by atoms with Crippen LogP contribution in [-0.2, 0) is 17.8 Å². The van der Waals surface area contributed by atoms with Gasteiger partial charge in [0.25, 0.3) is 0 Å². The highest BCUT2D eigenvalue weighted by Crippen LogP contribution is 2.34. The number of nitrogens with two attached hydrogens (primary N) is 1. The van der Waals surface area contributed by atoms with Crippen molar-refractivity contribution in [2.24, 2.45) is 0 Å². The maximum atomic E-state index is 9.61. The third-order valence-corrected chi connectivity index (χ3v) is 4.71. The summed E-state index contributed by atoms with van der Waals surface area (Å²) in [5, 5.41) is 10.2. The van der Waals surface area contributed by atoms with Gasteiger partial charge < -0.3 is 10.5 Å². The summed E-state index contributed by atoms with van der Waals surface area (Å²) in [4.78, 5) is 0. The average Bonchev–Trinajstić information content (AvgIpc) is 2.48. The number of nitrogens with zero attached hydrogens (tertiary/aromatic N) is 2. The largest absolute Gasteiger partial charge is 0.384 e. The molecule has 0 bridgehead atoms. The molecule has 0 fully saturated rings. The third kappa shape index (κ3) is 2.74. The molecule has 2 aromatic rings. The topological polar surface area (TPSA) is 64.0 Å². The summed E-state index contributed by atoms with van der Waals surface area (Å²) in [6.45, 7) is 4.37. The molecule has 1 aromatic carbocycles. The van der Waals surface area contributed by atoms with Crippen molar-refractivity contribution in [2.75, 3.05) is 5.73 Å². The molecule has 0 atom stereocenters. The predicted octanol–water partition coefficient (Wildman–Crippen LogP) is 4.17. The fourth-order valence-corrected chi connectivity index (χ4v) is 3.36. The summed E-state index contributed by atoms with van der Waals surface area (Å²) in [5.74, 6) is 0.358. The smallest absolute Gasteiger partial charge is 0.127 e. The van der Waals surface area contributed by atoms with E-state index in [9.17, 15) is 5.26 Å². The Bertz CT molecular complexity index is 879. The fourth-order valence-electron chi connectivity index (χ4n) is 2.85. The van der Waals surface area contributed by atoms with Crippen molar-refractivity contribution in [3.63, 3.8) is 0 Å². The van der Waals surface area contributed by atoms with Crippen LogP contribution in [0.4, 0.5) is 5.82 Å². The number of hydrogen-bond acceptors (Lipinski definition) is 4. The van der Waals surface area contributed by atoms with Crippen molar-refractivity contribution in [1.82, 2.24) is 4.57 Å². The molecular weight excluding hydrogens is 330 g/mol. The fraction of sp³-hybridized carbons (Fsp3) is 0.294. The minimum Gasteiger partial charge on any atom is -0.384 e. The Morgan fingerprint density at radius 2 is 1.96 bits per heavy atom. The van der Waals surface area contributed by atoms with E-state index >= 15 is 0 Å². The van der Waals surface area contributed by atoms with E-state index in [2.05, 4.69) is 6.07 Å². The molecule has 6 heteroatoms. The highest BCUT2D eigenvalue weighted by molar-refractivity contribution is 7.71. The summed E-state index contributed by atoms with van der Waals surface area (Å²) < 4.78 is 8.16. The van der Waals surface area contributed by atoms with Crippen LogP contribution in [0.2, 0.25) is 5.02 Å². The Kier molecular flexibility index (Phi) is 3.93. The number of anilines is 1. The van der Waals surface area contributed by atoms with E-state index in [-0.39, 0.29) is 5.60 Å². The number of nitrogen functional groups attached to an aromatic ring is 1. The maximum Gasteiger partial charge on any atom is 0.127 e. The number of nitriles is 1. The van der Waals surface area contributed by atoms with Gasteiger partial charge >= 0.3 is 0 Å². The Labute approximate surface area is 145 Å². The highest BCUT2D eigenvalue weighted by atomic mass is 35.5. The van der Waals surface area contributed by atoms with Crippen LogP contribution in [0.15, 0.2) is 24.3 Å². The summed E-state index contributed by atoms with van der Waals surface area (Å²) in [5.41, 5.74) is 8.95. The summed E-state index contributed by atoms with van der Waals surface area (Å²) in [6.07, 6.45) is 0.612. The van der Waals surface area contributed by atoms with Gasteiger partial charge in [-0.25, -0.2) is 0 Å². The molecule has 0 spiro atoms. The number of aromatic nitrogens is 1. The monoisotopic (exact) mass is 345 g/mol. The summed E-state index contributed by atoms with van der Waals surface area (Å²) in [7, 11) is 0. The Morgan fingerprint density at radius 3 is 2.57 bits per heavy atom. The summed E-state index contributed by atoms with van der Waals surface area (Å²) in [6, 6.07) is 9.43. The van der Waals surface area contributed by atoms with Crippen LogP contribution in [0.3, 0.4) is 0 Å². The molecule has 1 aliphatic rings. The molecule has 0 saturated carbocycles. The first-order valence-corrected chi connectivity index (χ1v) is 7.99. The van der Waals surface area contributed by atoms with Gasteiger partial charge in [0, 0.05) is 22.7 Å². The van der Waals surface area contributed by atoms with Crippen LogP contribution in [0.5, 0.6) is 0 Å². The van der Waals surface area contributed by atoms with Gasteiger partial charge in [0.2, 0.25) is 0 Å². The first-order valence-electron chi connectivity index (χ1n) is 7.20. The molecule has 2 N–H and O–H groups in total. The van der Waals surface area contributed by atoms with Crippen LogP contribution in [0.1, 0.15) is 30.5 Å². The lowest BCUT2D eigenvalue weighted by atomic mass is 9.89. The third-order valence-electron chi connectivity index (χ3n) is 4.03. The second-order valence-corrected chi connectivity index (χ2v) is 6.99. The Hall–Kier alpha value is -1.87. The lowest BCUT2D eigenvalue weighted by molar-refractivity contribution is -0.0405. The average molecular weight is 346 g/mol. The minimum absolute atomic E-state index is 0.334. The molecule has 3 rings (SSSR count). The first kappa shape index (κ1) is 16.0. The number of benzene rings is 1. The molecule has 0 unspecified atom stereocenters. The van der Waals surface area contributed by atoms with Crippen molar-refractivity contribution < 1.29 is 4.74 Å². The number of fused-ring (bicyclic) bond motifs is 1. The number of halogens is 1. The van der Waals surface area contributed by atoms with Crippen LogP contribution < -0.4 is 5.73 Å². The van der Waals surface area contributed by atoms with Crippen LogP contribution in [0, 0.1) is 16.0 Å². The van der Waals surface area contributed by atoms with Gasteiger partial charge in [-0.3, -0.25) is 4.57 Å². The van der Waals surface area contributed by atoms with Crippen molar-refractivity contribution in [1.29, 1.82) is 5.26 Å². The van der Waals surface area contributed by atoms with E-state index in [0.717, 1.165) is 16.8 Å². The number of pyridine rings is 1. The standard InChI is InChI=1S/C17H16ClN3OS/c1-17(2)7-12-13(8-19)15(20)21(16(23)14(12)9-22-17)11-5-3-10(18)4-6-11/h3-6H,7,9,20H2,1-2H3. The zero-order valence-corrected chi connectivity index (χ0v) is 14.5. The zero-order valence-electron chi connectivity index (χ0n) is 12.9. The molecule has 1 aromatic heterocycles. The van der Waals surface area contributed by atoms with E-state index < -0.39 is 0 Å². The quantitative estimate of drug-likeness (QED) is 0.788. The van der Waals surface area contributed by atoms with Crippen molar-refractivity contribution in [2.45, 2.75) is 32.5 Å². The van der Waals surface area contributed by atoms with E-state index in [1.165, 1.54) is 0 Å². The predicted molar refractivity (Wildman–Crippen MR) is 93.3 cm³/mol. The van der Waals surface area contributed by atoms with Crippen LogP contribution >= 0.6 is 23.8 Å². The summed E-state index contributed by atoms with van der Waals surface area (Å²) >= 11 is 11.6. The van der Waals surface area contributed by atoms with Gasteiger partial charge in [-0.15, -0.1) is 0 Å². The Balaban J connectivity index is 2.31. The molecule has 23 heavy (non-hydrogen) atoms. The molecule has 0 aliphatic carbocycles. The van der Waals surface area contributed by atoms with Crippen molar-refractivity contribution in [3.05, 3.63) is 50.6 Å². The molecule has 2 heterocycles. The van der Waals surface area contributed by atoms with Gasteiger partial charge in [-0.05, 0) is 43.7 Å². The molecule has 4 nitrogen and oxygen atoms in total. The van der Waals surface area contributed by atoms with E-state index in [1.807, 2.05) is 26.0 Å². The normalized spacial score (nSPS) is 15.7. The maximum absolute atomic E-state index is 9.61. The zero-order chi connectivity index (χ0) is 16.8. The Morgan fingerprint density at radius 1 is 1.30 bits per heavy atom. The van der Waals surface area contributed by atoms with E-state index in [0.29, 0.717) is 34.1 Å². The first-order chi connectivity index (χ1) is 10.8. The molecule has 118 valence electrons. The second kappa shape index (κ2) is 5.64. The SMILES string of the molecule is CC1(C)Cc2c(C#N)c(N)n(-c3ccc(Cl)cc3)c(=S)c2CO1. The van der Waals surface area contributed by atoms with Gasteiger partial charge in [-0.2, -0.15) is 5.26 Å². The number of hydrogen-bond donors (Lipinski definition) is 1. The van der Waals surface area contributed by atoms with Crippen molar-refractivity contribution in [3.8, 4) is 11.8 Å². The van der Waals surface area contributed by atoms with Gasteiger partial charge in [0.1, 0.15) is 16.5 Å². The van der Waals surface area contributed by atoms with E-state index in [1.54, 1.807) is 16.7 Å². The van der Waals surface area contributed by atoms with Gasteiger partial charge in [0.05, 0.1) is 17.8 Å².